The van der Waals surface area contributed by atoms with Gasteiger partial charge in [0.2, 0.25) is 0 Å². The molecule has 2 aromatic carbocycles. The van der Waals surface area contributed by atoms with Gasteiger partial charge in [0.05, 0.1) is 0 Å². The minimum absolute atomic E-state index is 0.119. The third-order valence-electron chi connectivity index (χ3n) is 1.94. The highest BCUT2D eigenvalue weighted by Gasteiger charge is 2.15. The Morgan fingerprint density at radius 1 is 0.833 bits per heavy atom. The molecule has 0 bridgehead atoms. The van der Waals surface area contributed by atoms with Crippen molar-refractivity contribution in [1.82, 2.24) is 0 Å². The van der Waals surface area contributed by atoms with Crippen LogP contribution in [0, 0.1) is 5.82 Å². The van der Waals surface area contributed by atoms with E-state index in [-0.39, 0.29) is 11.5 Å². The molecule has 0 radical (unpaired) electrons. The third kappa shape index (κ3) is 3.46. The highest BCUT2D eigenvalue weighted by molar-refractivity contribution is 7.82. The first-order chi connectivity index (χ1) is 8.55. The van der Waals surface area contributed by atoms with Gasteiger partial charge in [0.25, 0.3) is 0 Å². The molecule has 0 aliphatic carbocycles. The minimum atomic E-state index is -4.27. The molecule has 2 aromatic rings. The summed E-state index contributed by atoms with van der Waals surface area (Å²) in [5, 5.41) is 0. The second kappa shape index (κ2) is 5.05. The van der Waals surface area contributed by atoms with Crippen LogP contribution in [0.2, 0.25) is 0 Å². The van der Waals surface area contributed by atoms with Crippen LogP contribution >= 0.6 is 0 Å². The standard InChI is InChI=1S/C12H9FO4S/c13-10-5-4-8-12(9-10)17-18(14,15)16-11-6-2-1-3-7-11/h1-9H. The predicted molar refractivity (Wildman–Crippen MR) is 63.0 cm³/mol. The minimum Gasteiger partial charge on any atom is -0.353 e. The molecule has 0 saturated heterocycles. The monoisotopic (exact) mass is 268 g/mol. The number of benzene rings is 2. The maximum Gasteiger partial charge on any atom is 0.500 e. The number of hydrogen-bond donors (Lipinski definition) is 0. The van der Waals surface area contributed by atoms with E-state index < -0.39 is 16.2 Å². The van der Waals surface area contributed by atoms with Crippen LogP contribution < -0.4 is 8.37 Å². The lowest BCUT2D eigenvalue weighted by atomic mass is 10.3. The lowest BCUT2D eigenvalue weighted by molar-refractivity contribution is 0.391. The summed E-state index contributed by atoms with van der Waals surface area (Å²) in [6, 6.07) is 12.7. The van der Waals surface area contributed by atoms with Crippen molar-refractivity contribution < 1.29 is 21.2 Å². The van der Waals surface area contributed by atoms with E-state index in [9.17, 15) is 12.8 Å². The van der Waals surface area contributed by atoms with Gasteiger partial charge in [0, 0.05) is 6.07 Å². The van der Waals surface area contributed by atoms with E-state index in [1.165, 1.54) is 30.3 Å². The molecule has 2 rings (SSSR count). The highest BCUT2D eigenvalue weighted by Crippen LogP contribution is 2.17. The van der Waals surface area contributed by atoms with Crippen LogP contribution in [0.15, 0.2) is 54.6 Å². The van der Waals surface area contributed by atoms with Crippen LogP contribution in [0.5, 0.6) is 11.5 Å². The fourth-order valence-electron chi connectivity index (χ4n) is 1.25. The van der Waals surface area contributed by atoms with Crippen molar-refractivity contribution in [3.63, 3.8) is 0 Å². The zero-order valence-electron chi connectivity index (χ0n) is 9.12. The van der Waals surface area contributed by atoms with Gasteiger partial charge in [0.1, 0.15) is 17.3 Å². The van der Waals surface area contributed by atoms with E-state index in [1.54, 1.807) is 18.2 Å². The van der Waals surface area contributed by atoms with Gasteiger partial charge in [0.15, 0.2) is 0 Å². The fourth-order valence-corrected chi connectivity index (χ4v) is 1.97. The second-order valence-electron chi connectivity index (χ2n) is 3.35. The molecule has 6 heteroatoms. The van der Waals surface area contributed by atoms with Gasteiger partial charge in [-0.05, 0) is 24.3 Å². The molecule has 0 atom stereocenters. The van der Waals surface area contributed by atoms with Crippen LogP contribution in [-0.4, -0.2) is 8.42 Å². The molecular formula is C12H9FO4S. The Kier molecular flexibility index (Phi) is 3.47. The topological polar surface area (TPSA) is 52.6 Å². The van der Waals surface area contributed by atoms with E-state index in [0.717, 1.165) is 6.07 Å². The Hall–Kier alpha value is -2.08. The Bertz CT molecular complexity index is 626. The molecule has 0 amide bonds. The normalized spacial score (nSPS) is 10.9. The molecule has 0 aromatic heterocycles. The van der Waals surface area contributed by atoms with Gasteiger partial charge in [-0.15, -0.1) is 8.42 Å². The third-order valence-corrected chi connectivity index (χ3v) is 2.73. The van der Waals surface area contributed by atoms with Crippen molar-refractivity contribution in [2.24, 2.45) is 0 Å². The van der Waals surface area contributed by atoms with E-state index in [4.69, 9.17) is 0 Å². The van der Waals surface area contributed by atoms with Gasteiger partial charge in [-0.1, -0.05) is 24.3 Å². The van der Waals surface area contributed by atoms with E-state index in [2.05, 4.69) is 8.37 Å². The molecule has 0 spiro atoms. The maximum atomic E-state index is 12.9. The molecule has 0 N–H and O–H groups in total. The van der Waals surface area contributed by atoms with Gasteiger partial charge in [-0.25, -0.2) is 4.39 Å². The number of halogens is 1. The van der Waals surface area contributed by atoms with Crippen molar-refractivity contribution in [3.05, 3.63) is 60.4 Å². The molecule has 0 aliphatic rings. The summed E-state index contributed by atoms with van der Waals surface area (Å²) < 4.78 is 45.2. The Morgan fingerprint density at radius 2 is 1.44 bits per heavy atom. The molecule has 4 nitrogen and oxygen atoms in total. The zero-order valence-corrected chi connectivity index (χ0v) is 9.93. The Morgan fingerprint density at radius 3 is 2.11 bits per heavy atom. The van der Waals surface area contributed by atoms with Crippen molar-refractivity contribution in [1.29, 1.82) is 0 Å². The van der Waals surface area contributed by atoms with Crippen LogP contribution in [-0.2, 0) is 10.4 Å². The lowest BCUT2D eigenvalue weighted by Gasteiger charge is -2.07. The summed E-state index contributed by atoms with van der Waals surface area (Å²) in [4.78, 5) is 0. The summed E-state index contributed by atoms with van der Waals surface area (Å²) in [7, 11) is -4.27. The zero-order chi connectivity index (χ0) is 13.0. The Labute approximate surface area is 104 Å². The first-order valence-corrected chi connectivity index (χ1v) is 6.33. The molecule has 94 valence electrons. The largest absolute Gasteiger partial charge is 0.500 e. The summed E-state index contributed by atoms with van der Waals surface area (Å²) in [5.41, 5.74) is 0. The van der Waals surface area contributed by atoms with Crippen molar-refractivity contribution in [3.8, 4) is 11.5 Å². The first kappa shape index (κ1) is 12.4. The number of para-hydroxylation sites is 1. The predicted octanol–water partition coefficient (Wildman–Crippen LogP) is 2.53. The molecular weight excluding hydrogens is 259 g/mol. The van der Waals surface area contributed by atoms with Crippen LogP contribution in [0.1, 0.15) is 0 Å². The molecule has 0 fully saturated rings. The molecule has 0 heterocycles. The van der Waals surface area contributed by atoms with E-state index in [1.807, 2.05) is 0 Å². The van der Waals surface area contributed by atoms with Crippen molar-refractivity contribution >= 4 is 10.4 Å². The molecule has 0 saturated carbocycles. The number of rotatable bonds is 4. The number of hydrogen-bond acceptors (Lipinski definition) is 4. The summed E-state index contributed by atoms with van der Waals surface area (Å²) in [5.74, 6) is -0.623. The summed E-state index contributed by atoms with van der Waals surface area (Å²) in [6.07, 6.45) is 0. The van der Waals surface area contributed by atoms with Crippen LogP contribution in [0.4, 0.5) is 4.39 Å². The van der Waals surface area contributed by atoms with Gasteiger partial charge in [-0.2, -0.15) is 0 Å². The van der Waals surface area contributed by atoms with Crippen molar-refractivity contribution in [2.45, 2.75) is 0 Å². The molecule has 0 unspecified atom stereocenters. The SMILES string of the molecule is O=S(=O)(Oc1ccccc1)Oc1cccc(F)c1. The Balaban J connectivity index is 2.13. The fraction of sp³-hybridized carbons (Fsp3) is 0. The lowest BCUT2D eigenvalue weighted by Crippen LogP contribution is -2.16. The van der Waals surface area contributed by atoms with Gasteiger partial charge >= 0.3 is 10.4 Å². The summed E-state index contributed by atoms with van der Waals surface area (Å²) in [6.45, 7) is 0. The maximum absolute atomic E-state index is 12.9. The second-order valence-corrected chi connectivity index (χ2v) is 4.50. The van der Waals surface area contributed by atoms with Crippen LogP contribution in [0.3, 0.4) is 0 Å². The molecule has 0 aliphatic heterocycles. The first-order valence-electron chi connectivity index (χ1n) is 5.00. The van der Waals surface area contributed by atoms with E-state index in [0.29, 0.717) is 0 Å². The van der Waals surface area contributed by atoms with Gasteiger partial charge in [-0.3, -0.25) is 0 Å². The summed E-state index contributed by atoms with van der Waals surface area (Å²) >= 11 is 0. The highest BCUT2D eigenvalue weighted by atomic mass is 32.3. The van der Waals surface area contributed by atoms with Gasteiger partial charge < -0.3 is 8.37 Å². The van der Waals surface area contributed by atoms with Crippen LogP contribution in [0.25, 0.3) is 0 Å². The van der Waals surface area contributed by atoms with Crippen molar-refractivity contribution in [2.75, 3.05) is 0 Å². The smallest absolute Gasteiger partial charge is 0.353 e. The average molecular weight is 268 g/mol. The average Bonchev–Trinajstić information content (AvgIpc) is 2.28. The quantitative estimate of drug-likeness (QED) is 0.855. The molecule has 18 heavy (non-hydrogen) atoms. The van der Waals surface area contributed by atoms with E-state index >= 15 is 0 Å².